The molecule has 1 aliphatic rings. The van der Waals surface area contributed by atoms with Crippen LogP contribution in [-0.2, 0) is 27.4 Å². The Hall–Kier alpha value is -1.88. The summed E-state index contributed by atoms with van der Waals surface area (Å²) in [6.45, 7) is 7.81. The highest BCUT2D eigenvalue weighted by atomic mass is 16.5. The number of ether oxygens (including phenoxy) is 1. The minimum absolute atomic E-state index is 0.273. The summed E-state index contributed by atoms with van der Waals surface area (Å²) in [6, 6.07) is 8.30. The van der Waals surface area contributed by atoms with Crippen molar-refractivity contribution < 1.29 is 14.3 Å². The van der Waals surface area contributed by atoms with E-state index in [0.29, 0.717) is 13.0 Å². The van der Waals surface area contributed by atoms with Crippen LogP contribution in [0.5, 0.6) is 0 Å². The standard InChI is InChI=1S/C20H30N2O3/c1-4-18(20(24)25-3)19(23)21-13-16-6-5-7-17(12-16)14-22-10-8-15(2)9-11-22/h5-7,12,15,18H,4,8-11,13-14H2,1-3H3,(H,21,23)/t18-/m0/s1. The average Bonchev–Trinajstić information content (AvgIpc) is 2.62. The Balaban J connectivity index is 1.88. The molecule has 0 unspecified atom stereocenters. The molecule has 0 spiro atoms. The number of nitrogens with zero attached hydrogens (tertiary/aromatic N) is 1. The number of methoxy groups -OCH3 is 1. The summed E-state index contributed by atoms with van der Waals surface area (Å²) in [7, 11) is 1.31. The first kappa shape index (κ1) is 19.4. The second kappa shape index (κ2) is 9.56. The normalized spacial score (nSPS) is 17.1. The van der Waals surface area contributed by atoms with E-state index in [9.17, 15) is 9.59 Å². The number of carbonyl (C=O) groups is 2. The van der Waals surface area contributed by atoms with Gasteiger partial charge < -0.3 is 10.1 Å². The van der Waals surface area contributed by atoms with Crippen molar-refractivity contribution in [1.82, 2.24) is 10.2 Å². The van der Waals surface area contributed by atoms with Gasteiger partial charge in [-0.3, -0.25) is 14.5 Å². The third-order valence-electron chi connectivity index (χ3n) is 4.95. The highest BCUT2D eigenvalue weighted by Gasteiger charge is 2.25. The van der Waals surface area contributed by atoms with E-state index in [4.69, 9.17) is 0 Å². The Bertz CT molecular complexity index is 580. The number of benzene rings is 1. The fourth-order valence-electron chi connectivity index (χ4n) is 3.23. The van der Waals surface area contributed by atoms with Crippen LogP contribution in [-0.4, -0.2) is 37.0 Å². The van der Waals surface area contributed by atoms with Crippen LogP contribution in [0.2, 0.25) is 0 Å². The molecule has 5 nitrogen and oxygen atoms in total. The summed E-state index contributed by atoms with van der Waals surface area (Å²) in [5.41, 5.74) is 2.32. The van der Waals surface area contributed by atoms with E-state index < -0.39 is 11.9 Å². The fraction of sp³-hybridized carbons (Fsp3) is 0.600. The predicted octanol–water partition coefficient (Wildman–Crippen LogP) is 2.73. The van der Waals surface area contributed by atoms with E-state index in [0.717, 1.165) is 31.1 Å². The van der Waals surface area contributed by atoms with Gasteiger partial charge in [0, 0.05) is 13.1 Å². The van der Waals surface area contributed by atoms with Crippen molar-refractivity contribution in [2.24, 2.45) is 11.8 Å². The van der Waals surface area contributed by atoms with Gasteiger partial charge in [-0.05, 0) is 49.4 Å². The molecule has 1 atom stereocenters. The van der Waals surface area contributed by atoms with Crippen LogP contribution in [0.25, 0.3) is 0 Å². The first-order chi connectivity index (χ1) is 12.0. The zero-order valence-electron chi connectivity index (χ0n) is 15.6. The van der Waals surface area contributed by atoms with Gasteiger partial charge in [-0.2, -0.15) is 0 Å². The SMILES string of the molecule is CC[C@@H](C(=O)NCc1cccc(CN2CCC(C)CC2)c1)C(=O)OC. The van der Waals surface area contributed by atoms with E-state index >= 15 is 0 Å². The monoisotopic (exact) mass is 346 g/mol. The summed E-state index contributed by atoms with van der Waals surface area (Å²) < 4.78 is 4.68. The Labute approximate surface area is 150 Å². The molecule has 0 aromatic heterocycles. The molecule has 0 aliphatic carbocycles. The van der Waals surface area contributed by atoms with Gasteiger partial charge in [-0.15, -0.1) is 0 Å². The van der Waals surface area contributed by atoms with Gasteiger partial charge in [0.05, 0.1) is 7.11 Å². The zero-order chi connectivity index (χ0) is 18.2. The van der Waals surface area contributed by atoms with Crippen LogP contribution < -0.4 is 5.32 Å². The largest absolute Gasteiger partial charge is 0.468 e. The Morgan fingerprint density at radius 2 is 1.96 bits per heavy atom. The maximum Gasteiger partial charge on any atom is 0.318 e. The minimum atomic E-state index is -0.733. The smallest absolute Gasteiger partial charge is 0.318 e. The number of rotatable bonds is 7. The molecule has 1 aromatic rings. The lowest BCUT2D eigenvalue weighted by Crippen LogP contribution is -2.35. The lowest BCUT2D eigenvalue weighted by molar-refractivity contribution is -0.150. The van der Waals surface area contributed by atoms with Crippen LogP contribution in [0.1, 0.15) is 44.2 Å². The second-order valence-electron chi connectivity index (χ2n) is 6.98. The second-order valence-corrected chi connectivity index (χ2v) is 6.98. The first-order valence-corrected chi connectivity index (χ1v) is 9.19. The summed E-state index contributed by atoms with van der Waals surface area (Å²) in [6.07, 6.45) is 2.97. The van der Waals surface area contributed by atoms with Gasteiger partial charge in [-0.1, -0.05) is 38.1 Å². The molecule has 5 heteroatoms. The van der Waals surface area contributed by atoms with Crippen LogP contribution in [0, 0.1) is 11.8 Å². The number of esters is 1. The van der Waals surface area contributed by atoms with Crippen molar-refractivity contribution in [3.05, 3.63) is 35.4 Å². The van der Waals surface area contributed by atoms with E-state index in [-0.39, 0.29) is 5.91 Å². The van der Waals surface area contributed by atoms with Gasteiger partial charge in [-0.25, -0.2) is 0 Å². The van der Waals surface area contributed by atoms with E-state index in [2.05, 4.69) is 34.0 Å². The average molecular weight is 346 g/mol. The molecule has 1 amide bonds. The van der Waals surface area contributed by atoms with E-state index in [1.54, 1.807) is 6.92 Å². The fourth-order valence-corrected chi connectivity index (χ4v) is 3.23. The Morgan fingerprint density at radius 1 is 1.28 bits per heavy atom. The van der Waals surface area contributed by atoms with Crippen molar-refractivity contribution in [3.63, 3.8) is 0 Å². The van der Waals surface area contributed by atoms with Crippen LogP contribution in [0.4, 0.5) is 0 Å². The lowest BCUT2D eigenvalue weighted by Gasteiger charge is -2.30. The topological polar surface area (TPSA) is 58.6 Å². The Kier molecular flexibility index (Phi) is 7.44. The van der Waals surface area contributed by atoms with Crippen molar-refractivity contribution >= 4 is 11.9 Å². The maximum absolute atomic E-state index is 12.2. The molecular weight excluding hydrogens is 316 g/mol. The van der Waals surface area contributed by atoms with Gasteiger partial charge in [0.25, 0.3) is 0 Å². The zero-order valence-corrected chi connectivity index (χ0v) is 15.6. The molecule has 0 radical (unpaired) electrons. The maximum atomic E-state index is 12.2. The molecule has 25 heavy (non-hydrogen) atoms. The molecule has 0 saturated carbocycles. The lowest BCUT2D eigenvalue weighted by atomic mass is 9.98. The van der Waals surface area contributed by atoms with Crippen molar-refractivity contribution in [2.45, 2.75) is 46.2 Å². The van der Waals surface area contributed by atoms with Gasteiger partial charge >= 0.3 is 5.97 Å². The molecule has 2 rings (SSSR count). The summed E-state index contributed by atoms with van der Waals surface area (Å²) in [4.78, 5) is 26.3. The highest BCUT2D eigenvalue weighted by molar-refractivity contribution is 5.97. The van der Waals surface area contributed by atoms with Gasteiger partial charge in [0.1, 0.15) is 5.92 Å². The van der Waals surface area contributed by atoms with Crippen molar-refractivity contribution in [2.75, 3.05) is 20.2 Å². The number of hydrogen-bond acceptors (Lipinski definition) is 4. The molecule has 1 saturated heterocycles. The Morgan fingerprint density at radius 3 is 2.60 bits per heavy atom. The number of carbonyl (C=O) groups excluding carboxylic acids is 2. The molecule has 138 valence electrons. The van der Waals surface area contributed by atoms with Crippen molar-refractivity contribution in [3.8, 4) is 0 Å². The highest BCUT2D eigenvalue weighted by Crippen LogP contribution is 2.18. The number of nitrogens with one attached hydrogen (secondary N) is 1. The molecule has 1 aliphatic heterocycles. The quantitative estimate of drug-likeness (QED) is 0.609. The number of amides is 1. The number of likely N-dealkylation sites (tertiary alicyclic amines) is 1. The molecule has 1 N–H and O–H groups in total. The van der Waals surface area contributed by atoms with Gasteiger partial charge in [0.15, 0.2) is 0 Å². The molecular formula is C20H30N2O3. The molecule has 1 heterocycles. The van der Waals surface area contributed by atoms with Crippen molar-refractivity contribution in [1.29, 1.82) is 0 Å². The van der Waals surface area contributed by atoms with Crippen LogP contribution in [0.3, 0.4) is 0 Å². The molecule has 1 fully saturated rings. The summed E-state index contributed by atoms with van der Waals surface area (Å²) >= 11 is 0. The van der Waals surface area contributed by atoms with Gasteiger partial charge in [0.2, 0.25) is 5.91 Å². The molecule has 1 aromatic carbocycles. The van der Waals surface area contributed by atoms with Crippen LogP contribution >= 0.6 is 0 Å². The van der Waals surface area contributed by atoms with E-state index in [1.807, 2.05) is 12.1 Å². The van der Waals surface area contributed by atoms with E-state index in [1.165, 1.54) is 25.5 Å². The number of piperidine rings is 1. The number of hydrogen-bond donors (Lipinski definition) is 1. The predicted molar refractivity (Wildman–Crippen MR) is 97.8 cm³/mol. The first-order valence-electron chi connectivity index (χ1n) is 9.19. The summed E-state index contributed by atoms with van der Waals surface area (Å²) in [5.74, 6) is -0.652. The van der Waals surface area contributed by atoms with Crippen LogP contribution in [0.15, 0.2) is 24.3 Å². The third kappa shape index (κ3) is 5.85. The molecule has 0 bridgehead atoms. The third-order valence-corrected chi connectivity index (χ3v) is 4.95. The minimum Gasteiger partial charge on any atom is -0.468 e. The summed E-state index contributed by atoms with van der Waals surface area (Å²) in [5, 5.41) is 2.85.